The van der Waals surface area contributed by atoms with Gasteiger partial charge in [-0.15, -0.1) is 0 Å². The van der Waals surface area contributed by atoms with Crippen LogP contribution >= 0.6 is 0 Å². The summed E-state index contributed by atoms with van der Waals surface area (Å²) in [6, 6.07) is 3.33. The van der Waals surface area contributed by atoms with Crippen molar-refractivity contribution in [2.24, 2.45) is 5.41 Å². The van der Waals surface area contributed by atoms with Gasteiger partial charge in [-0.3, -0.25) is 28.8 Å². The van der Waals surface area contributed by atoms with E-state index >= 15 is 0 Å². The highest BCUT2D eigenvalue weighted by Crippen LogP contribution is 2.21. The third kappa shape index (κ3) is 6.09. The van der Waals surface area contributed by atoms with Gasteiger partial charge in [0.15, 0.2) is 5.69 Å². The number of carbonyl (C=O) groups is 2. The molecule has 0 atom stereocenters. The number of nitrogens with zero attached hydrogens (tertiary/aromatic N) is 2. The van der Waals surface area contributed by atoms with Gasteiger partial charge in [0, 0.05) is 24.9 Å². The van der Waals surface area contributed by atoms with E-state index < -0.39 is 22.6 Å². The predicted molar refractivity (Wildman–Crippen MR) is 118 cm³/mol. The quantitative estimate of drug-likeness (QED) is 0.548. The number of carbonyl (C=O) groups excluding carboxylic acids is 2. The summed E-state index contributed by atoms with van der Waals surface area (Å²) in [5.41, 5.74) is 4.10. The maximum absolute atomic E-state index is 13.1. The van der Waals surface area contributed by atoms with Crippen molar-refractivity contribution < 1.29 is 14.0 Å². The molecule has 0 spiro atoms. The molecule has 0 bridgehead atoms. The Bertz CT molecular complexity index is 1010. The highest BCUT2D eigenvalue weighted by molar-refractivity contribution is 5.95. The van der Waals surface area contributed by atoms with Gasteiger partial charge < -0.3 is 15.5 Å². The average molecular weight is 434 g/mol. The van der Waals surface area contributed by atoms with E-state index in [1.165, 1.54) is 15.7 Å². The molecule has 0 unspecified atom stereocenters. The number of hydrogen-bond donors (Lipinski definition) is 3. The third-order valence-electron chi connectivity index (χ3n) is 4.72. The molecule has 0 saturated carbocycles. The van der Waals surface area contributed by atoms with Crippen molar-refractivity contribution in [3.8, 4) is 0 Å². The number of rotatable bonds is 9. The van der Waals surface area contributed by atoms with Crippen molar-refractivity contribution in [3.63, 3.8) is 0 Å². The zero-order valence-corrected chi connectivity index (χ0v) is 18.5. The van der Waals surface area contributed by atoms with Crippen LogP contribution in [0, 0.1) is 5.41 Å². The molecule has 0 aromatic carbocycles. The molecule has 170 valence electrons. The number of nitrogens with one attached hydrogen (secondary N) is 2. The highest BCUT2D eigenvalue weighted by atomic mass is 16.3. The van der Waals surface area contributed by atoms with Crippen LogP contribution in [-0.2, 0) is 22.7 Å². The SMILES string of the molecule is CCCCn1c(N)c(N(Cc2ccco2)C(=O)CCNC(=O)C(C)(C)C)c(=O)[nH]c1=O. The number of amides is 2. The molecule has 4 N–H and O–H groups in total. The molecule has 10 heteroatoms. The van der Waals surface area contributed by atoms with Crippen LogP contribution in [0.15, 0.2) is 32.4 Å². The van der Waals surface area contributed by atoms with E-state index in [0.717, 1.165) is 6.42 Å². The predicted octanol–water partition coefficient (Wildman–Crippen LogP) is 1.60. The minimum Gasteiger partial charge on any atom is -0.467 e. The summed E-state index contributed by atoms with van der Waals surface area (Å²) in [5.74, 6) is -0.273. The normalized spacial score (nSPS) is 11.4. The zero-order chi connectivity index (χ0) is 23.2. The fourth-order valence-corrected chi connectivity index (χ4v) is 2.91. The first-order chi connectivity index (χ1) is 14.6. The van der Waals surface area contributed by atoms with E-state index in [2.05, 4.69) is 10.3 Å². The Kier molecular flexibility index (Phi) is 7.84. The van der Waals surface area contributed by atoms with E-state index in [4.69, 9.17) is 10.2 Å². The fraction of sp³-hybridized carbons (Fsp3) is 0.524. The lowest BCUT2D eigenvalue weighted by Gasteiger charge is -2.24. The van der Waals surface area contributed by atoms with Crippen LogP contribution in [0.25, 0.3) is 0 Å². The van der Waals surface area contributed by atoms with Gasteiger partial charge in [0.25, 0.3) is 5.56 Å². The number of aromatic nitrogens is 2. The Morgan fingerprint density at radius 3 is 2.58 bits per heavy atom. The number of H-pyrrole nitrogens is 1. The molecular formula is C21H31N5O5. The highest BCUT2D eigenvalue weighted by Gasteiger charge is 2.26. The second-order valence-electron chi connectivity index (χ2n) is 8.31. The van der Waals surface area contributed by atoms with Gasteiger partial charge in [-0.2, -0.15) is 0 Å². The van der Waals surface area contributed by atoms with Crippen LogP contribution in [-0.4, -0.2) is 27.9 Å². The molecule has 0 fully saturated rings. The molecule has 0 saturated heterocycles. The van der Waals surface area contributed by atoms with Crippen LogP contribution in [0.5, 0.6) is 0 Å². The Balaban J connectivity index is 2.36. The first kappa shape index (κ1) is 24.0. The van der Waals surface area contributed by atoms with E-state index in [9.17, 15) is 19.2 Å². The van der Waals surface area contributed by atoms with Crippen LogP contribution < -0.4 is 27.2 Å². The van der Waals surface area contributed by atoms with E-state index in [1.807, 2.05) is 6.92 Å². The third-order valence-corrected chi connectivity index (χ3v) is 4.72. The maximum Gasteiger partial charge on any atom is 0.330 e. The molecular weight excluding hydrogens is 402 g/mol. The monoisotopic (exact) mass is 433 g/mol. The number of nitrogens with two attached hydrogens (primary N) is 1. The maximum atomic E-state index is 13.1. The number of anilines is 2. The molecule has 0 aliphatic rings. The van der Waals surface area contributed by atoms with Gasteiger partial charge in [-0.1, -0.05) is 34.1 Å². The topological polar surface area (TPSA) is 143 Å². The lowest BCUT2D eigenvalue weighted by atomic mass is 9.96. The molecule has 2 heterocycles. The number of nitrogen functional groups attached to an aromatic ring is 1. The van der Waals surface area contributed by atoms with E-state index in [-0.39, 0.29) is 36.9 Å². The Morgan fingerprint density at radius 2 is 2.00 bits per heavy atom. The lowest BCUT2D eigenvalue weighted by Crippen LogP contribution is -2.42. The van der Waals surface area contributed by atoms with Gasteiger partial charge in [0.1, 0.15) is 11.6 Å². The standard InChI is InChI=1S/C21H31N5O5/c1-5-6-11-25-17(22)16(18(28)24-20(25)30)26(13-14-8-7-12-31-14)15(27)9-10-23-19(29)21(2,3)4/h7-8,12H,5-6,9-11,13,22H2,1-4H3,(H,23,29)(H,24,28,30). The van der Waals surface area contributed by atoms with Crippen LogP contribution in [0.1, 0.15) is 52.7 Å². The molecule has 0 aliphatic heterocycles. The summed E-state index contributed by atoms with van der Waals surface area (Å²) in [4.78, 5) is 53.4. The first-order valence-electron chi connectivity index (χ1n) is 10.3. The average Bonchev–Trinajstić information content (AvgIpc) is 3.19. The number of furan rings is 1. The summed E-state index contributed by atoms with van der Waals surface area (Å²) in [6.07, 6.45) is 2.90. The second kappa shape index (κ2) is 10.1. The number of aromatic amines is 1. The second-order valence-corrected chi connectivity index (χ2v) is 8.31. The molecule has 2 rings (SSSR count). The van der Waals surface area contributed by atoms with Gasteiger partial charge >= 0.3 is 5.69 Å². The molecule has 0 aliphatic carbocycles. The molecule has 2 amide bonds. The van der Waals surface area contributed by atoms with E-state index in [1.54, 1.807) is 32.9 Å². The van der Waals surface area contributed by atoms with Crippen molar-refractivity contribution >= 4 is 23.3 Å². The van der Waals surface area contributed by atoms with Crippen LogP contribution in [0.4, 0.5) is 11.5 Å². The van der Waals surface area contributed by atoms with E-state index in [0.29, 0.717) is 18.7 Å². The van der Waals surface area contributed by atoms with Crippen molar-refractivity contribution in [1.82, 2.24) is 14.9 Å². The summed E-state index contributed by atoms with van der Waals surface area (Å²) in [7, 11) is 0. The van der Waals surface area contributed by atoms with Crippen molar-refractivity contribution in [2.75, 3.05) is 17.2 Å². The Hall–Kier alpha value is -3.30. The van der Waals surface area contributed by atoms with Crippen molar-refractivity contribution in [3.05, 3.63) is 45.0 Å². The van der Waals surface area contributed by atoms with Gasteiger partial charge in [-0.25, -0.2) is 4.79 Å². The Morgan fingerprint density at radius 1 is 1.29 bits per heavy atom. The summed E-state index contributed by atoms with van der Waals surface area (Å²) < 4.78 is 6.59. The van der Waals surface area contributed by atoms with Crippen LogP contribution in [0.2, 0.25) is 0 Å². The molecule has 2 aromatic heterocycles. The van der Waals surface area contributed by atoms with Gasteiger partial charge in [0.2, 0.25) is 11.8 Å². The fourth-order valence-electron chi connectivity index (χ4n) is 2.91. The molecule has 0 radical (unpaired) electrons. The van der Waals surface area contributed by atoms with Crippen molar-refractivity contribution in [1.29, 1.82) is 0 Å². The first-order valence-corrected chi connectivity index (χ1v) is 10.3. The minimum absolute atomic E-state index is 0.0433. The largest absolute Gasteiger partial charge is 0.467 e. The molecule has 31 heavy (non-hydrogen) atoms. The van der Waals surface area contributed by atoms with Crippen LogP contribution in [0.3, 0.4) is 0 Å². The Labute approximate surface area is 180 Å². The van der Waals surface area contributed by atoms with Gasteiger partial charge in [0.05, 0.1) is 12.8 Å². The number of hydrogen-bond acceptors (Lipinski definition) is 6. The van der Waals surface area contributed by atoms with Crippen molar-refractivity contribution in [2.45, 2.75) is 60.0 Å². The van der Waals surface area contributed by atoms with Gasteiger partial charge in [-0.05, 0) is 18.6 Å². The number of unbranched alkanes of at least 4 members (excludes halogenated alkanes) is 1. The summed E-state index contributed by atoms with van der Waals surface area (Å²) >= 11 is 0. The molecule has 10 nitrogen and oxygen atoms in total. The zero-order valence-electron chi connectivity index (χ0n) is 18.5. The minimum atomic E-state index is -0.756. The lowest BCUT2D eigenvalue weighted by molar-refractivity contribution is -0.128. The summed E-state index contributed by atoms with van der Waals surface area (Å²) in [6.45, 7) is 7.64. The summed E-state index contributed by atoms with van der Waals surface area (Å²) in [5, 5.41) is 2.71. The smallest absolute Gasteiger partial charge is 0.330 e. The molecule has 2 aromatic rings.